The number of nitrogens with zero attached hydrogens (tertiary/aromatic N) is 2. The summed E-state index contributed by atoms with van der Waals surface area (Å²) in [4.78, 5) is 20.6. The van der Waals surface area contributed by atoms with E-state index in [2.05, 4.69) is 15.3 Å². The maximum absolute atomic E-state index is 11.2. The topological polar surface area (TPSA) is 75.1 Å². The first-order chi connectivity index (χ1) is 9.63. The van der Waals surface area contributed by atoms with Crippen molar-refractivity contribution in [2.75, 3.05) is 5.32 Å². The van der Waals surface area contributed by atoms with Crippen LogP contribution in [0.5, 0.6) is 0 Å². The van der Waals surface area contributed by atoms with E-state index in [0.717, 1.165) is 15.6 Å². The number of thiazole rings is 1. The van der Waals surface area contributed by atoms with Gasteiger partial charge in [0.15, 0.2) is 10.8 Å². The summed E-state index contributed by atoms with van der Waals surface area (Å²) >= 11 is 1.50. The van der Waals surface area contributed by atoms with Crippen molar-refractivity contribution in [2.24, 2.45) is 0 Å². The molecule has 2 N–H and O–H groups in total. The molecule has 2 aromatic heterocycles. The lowest BCUT2D eigenvalue weighted by Crippen LogP contribution is -2.03. The largest absolute Gasteiger partial charge is 0.477 e. The van der Waals surface area contributed by atoms with Crippen LogP contribution in [0, 0.1) is 6.92 Å². The molecule has 0 saturated heterocycles. The van der Waals surface area contributed by atoms with E-state index < -0.39 is 5.97 Å². The van der Waals surface area contributed by atoms with E-state index in [0.29, 0.717) is 10.9 Å². The number of benzene rings is 1. The van der Waals surface area contributed by atoms with Crippen molar-refractivity contribution in [1.82, 2.24) is 9.97 Å². The monoisotopic (exact) mass is 285 g/mol. The molecule has 0 amide bonds. The zero-order chi connectivity index (χ0) is 14.1. The SMILES string of the molecule is Cc1cnc(Nc2nc(C(=O)O)cc3ccccc23)s1. The van der Waals surface area contributed by atoms with Crippen LogP contribution < -0.4 is 5.32 Å². The maximum Gasteiger partial charge on any atom is 0.354 e. The summed E-state index contributed by atoms with van der Waals surface area (Å²) in [6, 6.07) is 9.09. The number of aromatic nitrogens is 2. The van der Waals surface area contributed by atoms with Crippen molar-refractivity contribution in [3.8, 4) is 0 Å². The highest BCUT2D eigenvalue weighted by atomic mass is 32.1. The summed E-state index contributed by atoms with van der Waals surface area (Å²) in [5.41, 5.74) is 0.0134. The molecule has 0 fully saturated rings. The summed E-state index contributed by atoms with van der Waals surface area (Å²) in [7, 11) is 0. The molecule has 0 unspecified atom stereocenters. The van der Waals surface area contributed by atoms with E-state index in [1.54, 1.807) is 12.3 Å². The van der Waals surface area contributed by atoms with Gasteiger partial charge in [-0.25, -0.2) is 14.8 Å². The Kier molecular flexibility index (Phi) is 3.08. The van der Waals surface area contributed by atoms with Gasteiger partial charge >= 0.3 is 5.97 Å². The first-order valence-corrected chi connectivity index (χ1v) is 6.77. The number of carboxylic acid groups (broad SMARTS) is 1. The number of nitrogens with one attached hydrogen (secondary N) is 1. The van der Waals surface area contributed by atoms with Crippen molar-refractivity contribution >= 4 is 39.0 Å². The zero-order valence-corrected chi connectivity index (χ0v) is 11.4. The standard InChI is InChI=1S/C14H11N3O2S/c1-8-7-15-14(20-8)17-12-10-5-3-2-4-9(10)6-11(16-12)13(18)19/h2-7H,1H3,(H,18,19)(H,15,16,17). The maximum atomic E-state index is 11.2. The first-order valence-electron chi connectivity index (χ1n) is 5.96. The van der Waals surface area contributed by atoms with Gasteiger partial charge in [0.2, 0.25) is 0 Å². The van der Waals surface area contributed by atoms with E-state index in [-0.39, 0.29) is 5.69 Å². The van der Waals surface area contributed by atoms with Gasteiger partial charge in [0.25, 0.3) is 0 Å². The molecule has 20 heavy (non-hydrogen) atoms. The van der Waals surface area contributed by atoms with Crippen molar-refractivity contribution in [1.29, 1.82) is 0 Å². The van der Waals surface area contributed by atoms with Crippen LogP contribution in [0.4, 0.5) is 10.9 Å². The number of carbonyl (C=O) groups is 1. The van der Waals surface area contributed by atoms with Gasteiger partial charge in [0, 0.05) is 16.5 Å². The molecular weight excluding hydrogens is 274 g/mol. The summed E-state index contributed by atoms with van der Waals surface area (Å²) in [5, 5.41) is 14.6. The second kappa shape index (κ2) is 4.90. The molecule has 6 heteroatoms. The van der Waals surface area contributed by atoms with E-state index in [9.17, 15) is 4.79 Å². The van der Waals surface area contributed by atoms with E-state index in [1.807, 2.05) is 31.2 Å². The highest BCUT2D eigenvalue weighted by Crippen LogP contribution is 2.27. The van der Waals surface area contributed by atoms with Crippen LogP contribution in [-0.4, -0.2) is 21.0 Å². The summed E-state index contributed by atoms with van der Waals surface area (Å²) in [6.45, 7) is 1.96. The van der Waals surface area contributed by atoms with Crippen LogP contribution >= 0.6 is 11.3 Å². The molecule has 2 heterocycles. The minimum Gasteiger partial charge on any atom is -0.477 e. The fourth-order valence-electron chi connectivity index (χ4n) is 1.92. The molecule has 0 saturated carbocycles. The number of carboxylic acids is 1. The second-order valence-corrected chi connectivity index (χ2v) is 5.52. The van der Waals surface area contributed by atoms with Crippen LogP contribution in [0.2, 0.25) is 0 Å². The Labute approximate surface area is 118 Å². The predicted molar refractivity (Wildman–Crippen MR) is 78.8 cm³/mol. The number of pyridine rings is 1. The van der Waals surface area contributed by atoms with Crippen LogP contribution in [0.3, 0.4) is 0 Å². The molecule has 100 valence electrons. The molecule has 0 atom stereocenters. The molecule has 1 aromatic carbocycles. The molecule has 0 radical (unpaired) electrons. The number of anilines is 2. The third-order valence-electron chi connectivity index (χ3n) is 2.81. The second-order valence-electron chi connectivity index (χ2n) is 4.28. The molecule has 5 nitrogen and oxygen atoms in total. The molecular formula is C14H11N3O2S. The number of hydrogen-bond donors (Lipinski definition) is 2. The Morgan fingerprint density at radius 2 is 2.15 bits per heavy atom. The quantitative estimate of drug-likeness (QED) is 0.771. The lowest BCUT2D eigenvalue weighted by molar-refractivity contribution is 0.0691. The van der Waals surface area contributed by atoms with Gasteiger partial charge in [-0.1, -0.05) is 24.3 Å². The molecule has 0 aliphatic heterocycles. The normalized spacial score (nSPS) is 10.7. The highest BCUT2D eigenvalue weighted by Gasteiger charge is 2.11. The molecule has 0 aliphatic rings. The molecule has 0 aliphatic carbocycles. The lowest BCUT2D eigenvalue weighted by atomic mass is 10.1. The highest BCUT2D eigenvalue weighted by molar-refractivity contribution is 7.15. The minimum atomic E-state index is -1.05. The zero-order valence-electron chi connectivity index (χ0n) is 10.6. The van der Waals surface area contributed by atoms with Gasteiger partial charge in [-0.3, -0.25) is 0 Å². The molecule has 0 spiro atoms. The average molecular weight is 285 g/mol. The molecule has 3 aromatic rings. The molecule has 0 bridgehead atoms. The third-order valence-corrected chi connectivity index (χ3v) is 3.63. The summed E-state index contributed by atoms with van der Waals surface area (Å²) in [6.07, 6.45) is 1.76. The van der Waals surface area contributed by atoms with Crippen molar-refractivity contribution < 1.29 is 9.90 Å². The van der Waals surface area contributed by atoms with Gasteiger partial charge in [0.1, 0.15) is 5.82 Å². The first kappa shape index (κ1) is 12.6. The van der Waals surface area contributed by atoms with Gasteiger partial charge < -0.3 is 10.4 Å². The Hall–Kier alpha value is -2.47. The smallest absolute Gasteiger partial charge is 0.354 e. The summed E-state index contributed by atoms with van der Waals surface area (Å²) in [5.74, 6) is -0.538. The van der Waals surface area contributed by atoms with Crippen LogP contribution in [-0.2, 0) is 0 Å². The predicted octanol–water partition coefficient (Wildman–Crippen LogP) is 3.44. The number of aryl methyl sites for hydroxylation is 1. The number of aromatic carboxylic acids is 1. The van der Waals surface area contributed by atoms with Gasteiger partial charge in [-0.15, -0.1) is 11.3 Å². The number of hydrogen-bond acceptors (Lipinski definition) is 5. The van der Waals surface area contributed by atoms with Crippen LogP contribution in [0.15, 0.2) is 36.5 Å². The average Bonchev–Trinajstić information content (AvgIpc) is 2.84. The van der Waals surface area contributed by atoms with Crippen molar-refractivity contribution in [2.45, 2.75) is 6.92 Å². The fraction of sp³-hybridized carbons (Fsp3) is 0.0714. The van der Waals surface area contributed by atoms with Crippen LogP contribution in [0.25, 0.3) is 10.8 Å². The Morgan fingerprint density at radius 1 is 1.35 bits per heavy atom. The van der Waals surface area contributed by atoms with Gasteiger partial charge in [-0.2, -0.15) is 0 Å². The number of rotatable bonds is 3. The number of fused-ring (bicyclic) bond motifs is 1. The van der Waals surface area contributed by atoms with E-state index >= 15 is 0 Å². The Balaban J connectivity index is 2.14. The summed E-state index contributed by atoms with van der Waals surface area (Å²) < 4.78 is 0. The van der Waals surface area contributed by atoms with Crippen molar-refractivity contribution in [3.05, 3.63) is 47.1 Å². The minimum absolute atomic E-state index is 0.0134. The van der Waals surface area contributed by atoms with Gasteiger partial charge in [-0.05, 0) is 18.4 Å². The Bertz CT molecular complexity index is 798. The Morgan fingerprint density at radius 3 is 2.85 bits per heavy atom. The fourth-order valence-corrected chi connectivity index (χ4v) is 2.58. The van der Waals surface area contributed by atoms with Crippen LogP contribution in [0.1, 0.15) is 15.4 Å². The lowest BCUT2D eigenvalue weighted by Gasteiger charge is -2.07. The van der Waals surface area contributed by atoms with E-state index in [4.69, 9.17) is 5.11 Å². The van der Waals surface area contributed by atoms with Gasteiger partial charge in [0.05, 0.1) is 0 Å². The molecule has 3 rings (SSSR count). The third kappa shape index (κ3) is 2.33. The van der Waals surface area contributed by atoms with E-state index in [1.165, 1.54) is 11.3 Å². The van der Waals surface area contributed by atoms with Crippen molar-refractivity contribution in [3.63, 3.8) is 0 Å².